The van der Waals surface area contributed by atoms with Crippen LogP contribution in [-0.4, -0.2) is 24.3 Å². The highest BCUT2D eigenvalue weighted by molar-refractivity contribution is 5.66. The number of ether oxygens (including phenoxy) is 1. The number of furan rings is 1. The van der Waals surface area contributed by atoms with E-state index in [1.807, 2.05) is 32.9 Å². The van der Waals surface area contributed by atoms with E-state index in [1.165, 1.54) is 6.92 Å². The minimum absolute atomic E-state index is 0.0998. The maximum Gasteiger partial charge on any atom is 0.302 e. The van der Waals surface area contributed by atoms with Gasteiger partial charge in [-0.05, 0) is 56.4 Å². The SMILES string of the molecule is C=C(C)[C@@H](CCC#CCO)Cc1oc(/C=C(/C)COC(C)=O)cc1C. The van der Waals surface area contributed by atoms with Crippen molar-refractivity contribution in [2.75, 3.05) is 13.2 Å². The van der Waals surface area contributed by atoms with E-state index in [0.29, 0.717) is 0 Å². The van der Waals surface area contributed by atoms with E-state index in [2.05, 4.69) is 18.4 Å². The molecule has 0 fully saturated rings. The van der Waals surface area contributed by atoms with Gasteiger partial charge in [0.25, 0.3) is 0 Å². The summed E-state index contributed by atoms with van der Waals surface area (Å²) in [7, 11) is 0. The number of rotatable bonds is 8. The third-order valence-corrected chi connectivity index (χ3v) is 3.88. The molecule has 25 heavy (non-hydrogen) atoms. The van der Waals surface area contributed by atoms with Crippen LogP contribution in [0.1, 0.15) is 50.7 Å². The molecule has 0 aromatic carbocycles. The van der Waals surface area contributed by atoms with Crippen molar-refractivity contribution in [3.8, 4) is 11.8 Å². The lowest BCUT2D eigenvalue weighted by molar-refractivity contribution is -0.139. The number of hydrogen-bond acceptors (Lipinski definition) is 4. The van der Waals surface area contributed by atoms with Crippen LogP contribution in [0.4, 0.5) is 0 Å². The Labute approximate surface area is 150 Å². The van der Waals surface area contributed by atoms with Crippen molar-refractivity contribution >= 4 is 12.0 Å². The molecule has 0 aliphatic rings. The zero-order valence-corrected chi connectivity index (χ0v) is 15.6. The summed E-state index contributed by atoms with van der Waals surface area (Å²) in [5, 5.41) is 8.72. The van der Waals surface area contributed by atoms with Gasteiger partial charge >= 0.3 is 5.97 Å². The molecule has 1 rings (SSSR count). The maximum absolute atomic E-state index is 10.9. The van der Waals surface area contributed by atoms with Crippen LogP contribution in [0.25, 0.3) is 6.08 Å². The highest BCUT2D eigenvalue weighted by Gasteiger charge is 2.15. The lowest BCUT2D eigenvalue weighted by atomic mass is 9.91. The van der Waals surface area contributed by atoms with Crippen molar-refractivity contribution in [3.63, 3.8) is 0 Å². The first-order chi connectivity index (χ1) is 11.8. The van der Waals surface area contributed by atoms with Crippen molar-refractivity contribution in [3.05, 3.63) is 40.9 Å². The molecule has 1 N–H and O–H groups in total. The summed E-state index contributed by atoms with van der Waals surface area (Å²) in [4.78, 5) is 10.9. The Balaban J connectivity index is 2.77. The van der Waals surface area contributed by atoms with E-state index in [9.17, 15) is 4.79 Å². The number of carbonyl (C=O) groups excluding carboxylic acids is 1. The molecule has 136 valence electrons. The van der Waals surface area contributed by atoms with E-state index >= 15 is 0 Å². The van der Waals surface area contributed by atoms with Crippen LogP contribution in [0.15, 0.2) is 28.2 Å². The minimum Gasteiger partial charge on any atom is -0.461 e. The second-order valence-electron chi connectivity index (χ2n) is 6.32. The fourth-order valence-electron chi connectivity index (χ4n) is 2.46. The third kappa shape index (κ3) is 7.91. The van der Waals surface area contributed by atoms with Crippen molar-refractivity contribution in [1.82, 2.24) is 0 Å². The predicted octanol–water partition coefficient (Wildman–Crippen LogP) is 4.07. The monoisotopic (exact) mass is 344 g/mol. The molecule has 1 atom stereocenters. The van der Waals surface area contributed by atoms with Gasteiger partial charge in [-0.3, -0.25) is 4.79 Å². The van der Waals surface area contributed by atoms with Crippen LogP contribution >= 0.6 is 0 Å². The second kappa shape index (κ2) is 10.6. The molecule has 0 bridgehead atoms. The second-order valence-corrected chi connectivity index (χ2v) is 6.32. The van der Waals surface area contributed by atoms with Gasteiger partial charge in [0.2, 0.25) is 0 Å². The van der Waals surface area contributed by atoms with Gasteiger partial charge in [-0.15, -0.1) is 5.92 Å². The molecule has 0 amide bonds. The van der Waals surface area contributed by atoms with Crippen molar-refractivity contribution in [1.29, 1.82) is 0 Å². The number of hydrogen-bond donors (Lipinski definition) is 1. The average Bonchev–Trinajstić information content (AvgIpc) is 2.87. The largest absolute Gasteiger partial charge is 0.461 e. The quantitative estimate of drug-likeness (QED) is 0.439. The number of esters is 1. The lowest BCUT2D eigenvalue weighted by Crippen LogP contribution is -2.05. The molecular formula is C21H28O4. The summed E-state index contributed by atoms with van der Waals surface area (Å²) in [6.07, 6.45) is 4.28. The van der Waals surface area contributed by atoms with Crippen molar-refractivity contribution in [2.24, 2.45) is 5.92 Å². The van der Waals surface area contributed by atoms with Gasteiger partial charge in [0.15, 0.2) is 0 Å². The Morgan fingerprint density at radius 2 is 2.12 bits per heavy atom. The highest BCUT2D eigenvalue weighted by atomic mass is 16.5. The fraction of sp³-hybridized carbons (Fsp3) is 0.476. The van der Waals surface area contributed by atoms with Gasteiger partial charge in [-0.1, -0.05) is 18.1 Å². The number of allylic oxidation sites excluding steroid dienone is 1. The molecular weight excluding hydrogens is 316 g/mol. The Morgan fingerprint density at radius 3 is 2.72 bits per heavy atom. The van der Waals surface area contributed by atoms with Crippen LogP contribution < -0.4 is 0 Å². The number of carbonyl (C=O) groups is 1. The van der Waals surface area contributed by atoms with E-state index in [4.69, 9.17) is 14.3 Å². The van der Waals surface area contributed by atoms with Gasteiger partial charge in [0, 0.05) is 19.8 Å². The van der Waals surface area contributed by atoms with E-state index < -0.39 is 0 Å². The Kier molecular flexibility index (Phi) is 8.80. The van der Waals surface area contributed by atoms with Crippen LogP contribution in [0.2, 0.25) is 0 Å². The summed E-state index contributed by atoms with van der Waals surface area (Å²) in [5.74, 6) is 7.32. The first-order valence-electron chi connectivity index (χ1n) is 8.45. The smallest absolute Gasteiger partial charge is 0.302 e. The van der Waals surface area contributed by atoms with Crippen LogP contribution in [0.5, 0.6) is 0 Å². The summed E-state index contributed by atoms with van der Waals surface area (Å²) in [6.45, 7) is 11.6. The first kappa shape index (κ1) is 20.8. The molecule has 0 aliphatic heterocycles. The van der Waals surface area contributed by atoms with Gasteiger partial charge < -0.3 is 14.3 Å². The molecule has 4 nitrogen and oxygen atoms in total. The molecule has 0 saturated heterocycles. The van der Waals surface area contributed by atoms with Gasteiger partial charge in [0.1, 0.15) is 24.7 Å². The predicted molar refractivity (Wildman–Crippen MR) is 99.8 cm³/mol. The van der Waals surface area contributed by atoms with Crippen LogP contribution in [-0.2, 0) is 16.0 Å². The molecule has 1 heterocycles. The molecule has 0 unspecified atom stereocenters. The summed E-state index contributed by atoms with van der Waals surface area (Å²) in [6, 6.07) is 1.99. The number of aliphatic hydroxyl groups excluding tert-OH is 1. The summed E-state index contributed by atoms with van der Waals surface area (Å²) < 4.78 is 10.9. The van der Waals surface area contributed by atoms with Crippen molar-refractivity contribution in [2.45, 2.75) is 47.0 Å². The van der Waals surface area contributed by atoms with Gasteiger partial charge in [-0.2, -0.15) is 0 Å². The Morgan fingerprint density at radius 1 is 1.40 bits per heavy atom. The Bertz CT molecular complexity index is 682. The molecule has 1 aromatic rings. The lowest BCUT2D eigenvalue weighted by Gasteiger charge is -2.14. The zero-order chi connectivity index (χ0) is 18.8. The zero-order valence-electron chi connectivity index (χ0n) is 15.6. The standard InChI is InChI=1S/C21H28O4/c1-15(2)19(9-7-6-8-10-22)13-21-17(4)12-20(25-21)11-16(3)14-24-18(5)23/h11-12,19,22H,1,7,9-10,13-14H2,2-5H3/b16-11-/t19-/m0/s1. The normalized spacial score (nSPS) is 12.3. The number of aliphatic hydroxyl groups is 1. The van der Waals surface area contributed by atoms with Crippen LogP contribution in [0.3, 0.4) is 0 Å². The molecule has 4 heteroatoms. The van der Waals surface area contributed by atoms with E-state index in [0.717, 1.165) is 47.5 Å². The highest BCUT2D eigenvalue weighted by Crippen LogP contribution is 2.25. The Hall–Kier alpha value is -2.25. The molecule has 0 spiro atoms. The van der Waals surface area contributed by atoms with Gasteiger partial charge in [0.05, 0.1) is 0 Å². The first-order valence-corrected chi connectivity index (χ1v) is 8.45. The van der Waals surface area contributed by atoms with Crippen molar-refractivity contribution < 1.29 is 19.1 Å². The molecule has 0 saturated carbocycles. The third-order valence-electron chi connectivity index (χ3n) is 3.88. The number of aryl methyl sites for hydroxylation is 1. The summed E-state index contributed by atoms with van der Waals surface area (Å²) >= 11 is 0. The maximum atomic E-state index is 10.9. The fourth-order valence-corrected chi connectivity index (χ4v) is 2.46. The summed E-state index contributed by atoms with van der Waals surface area (Å²) in [5.41, 5.74) is 3.12. The van der Waals surface area contributed by atoms with E-state index in [1.54, 1.807) is 0 Å². The average molecular weight is 344 g/mol. The van der Waals surface area contributed by atoms with Crippen LogP contribution in [0, 0.1) is 24.7 Å². The van der Waals surface area contributed by atoms with Gasteiger partial charge in [-0.25, -0.2) is 0 Å². The minimum atomic E-state index is -0.294. The van der Waals surface area contributed by atoms with E-state index in [-0.39, 0.29) is 25.1 Å². The topological polar surface area (TPSA) is 59.7 Å². The molecule has 0 aliphatic carbocycles. The molecule has 0 radical (unpaired) electrons. The molecule has 1 aromatic heterocycles.